The Morgan fingerprint density at radius 1 is 1.16 bits per heavy atom. The average Bonchev–Trinajstić information content (AvgIpc) is 2.92. The van der Waals surface area contributed by atoms with Gasteiger partial charge in [-0.2, -0.15) is 5.10 Å². The fourth-order valence-electron chi connectivity index (χ4n) is 2.02. The second kappa shape index (κ2) is 4.86. The third-order valence-electron chi connectivity index (χ3n) is 3.03. The molecule has 4 heteroatoms. The topological polar surface area (TPSA) is 41.6 Å². The van der Waals surface area contributed by atoms with Crippen LogP contribution in [0.25, 0.3) is 22.5 Å². The summed E-state index contributed by atoms with van der Waals surface area (Å²) in [5, 5.41) is 7.93. The molecule has 0 radical (unpaired) electrons. The van der Waals surface area contributed by atoms with Crippen molar-refractivity contribution in [2.45, 2.75) is 6.92 Å². The van der Waals surface area contributed by atoms with Crippen molar-refractivity contribution in [3.05, 3.63) is 59.4 Å². The van der Waals surface area contributed by atoms with Gasteiger partial charge in [0.05, 0.1) is 17.6 Å². The fourth-order valence-corrected chi connectivity index (χ4v) is 2.14. The van der Waals surface area contributed by atoms with Crippen LogP contribution in [0.1, 0.15) is 5.56 Å². The van der Waals surface area contributed by atoms with Crippen LogP contribution in [0.2, 0.25) is 5.02 Å². The first-order valence-electron chi connectivity index (χ1n) is 5.97. The number of aryl methyl sites for hydroxylation is 1. The van der Waals surface area contributed by atoms with Gasteiger partial charge in [-0.25, -0.2) is 0 Å². The molecule has 2 aromatic heterocycles. The molecule has 1 N–H and O–H groups in total. The van der Waals surface area contributed by atoms with Crippen LogP contribution in [0.4, 0.5) is 0 Å². The van der Waals surface area contributed by atoms with Gasteiger partial charge in [-0.3, -0.25) is 10.1 Å². The molecule has 1 aromatic carbocycles. The lowest BCUT2D eigenvalue weighted by molar-refractivity contribution is 1.09. The number of hydrogen-bond acceptors (Lipinski definition) is 2. The van der Waals surface area contributed by atoms with E-state index < -0.39 is 0 Å². The molecule has 0 saturated carbocycles. The number of aromatic amines is 1. The second-order valence-corrected chi connectivity index (χ2v) is 4.74. The Hall–Kier alpha value is -2.13. The van der Waals surface area contributed by atoms with E-state index in [4.69, 9.17) is 11.6 Å². The number of H-pyrrole nitrogens is 1. The van der Waals surface area contributed by atoms with Crippen molar-refractivity contribution in [2.75, 3.05) is 0 Å². The van der Waals surface area contributed by atoms with E-state index in [-0.39, 0.29) is 0 Å². The molecule has 3 nitrogen and oxygen atoms in total. The zero-order chi connectivity index (χ0) is 13.2. The van der Waals surface area contributed by atoms with Crippen LogP contribution in [0, 0.1) is 6.92 Å². The molecule has 0 saturated heterocycles. The SMILES string of the molecule is Cc1cc(-c2[nH]ncc2-c2ccccn2)ccc1Cl. The summed E-state index contributed by atoms with van der Waals surface area (Å²) in [7, 11) is 0. The van der Waals surface area contributed by atoms with Gasteiger partial charge in [0.15, 0.2) is 0 Å². The maximum absolute atomic E-state index is 6.06. The minimum absolute atomic E-state index is 0.766. The number of hydrogen-bond donors (Lipinski definition) is 1. The van der Waals surface area contributed by atoms with Crippen LogP contribution >= 0.6 is 11.6 Å². The Morgan fingerprint density at radius 3 is 2.79 bits per heavy atom. The number of aromatic nitrogens is 3. The maximum atomic E-state index is 6.06. The fraction of sp³-hybridized carbons (Fsp3) is 0.0667. The molecule has 0 spiro atoms. The highest BCUT2D eigenvalue weighted by atomic mass is 35.5. The lowest BCUT2D eigenvalue weighted by Crippen LogP contribution is -1.86. The molecule has 0 aliphatic rings. The van der Waals surface area contributed by atoms with Gasteiger partial charge < -0.3 is 0 Å². The second-order valence-electron chi connectivity index (χ2n) is 4.34. The Morgan fingerprint density at radius 2 is 2.05 bits per heavy atom. The van der Waals surface area contributed by atoms with Crippen molar-refractivity contribution < 1.29 is 0 Å². The van der Waals surface area contributed by atoms with Crippen molar-refractivity contribution in [1.29, 1.82) is 0 Å². The Labute approximate surface area is 116 Å². The van der Waals surface area contributed by atoms with Crippen LogP contribution in [-0.2, 0) is 0 Å². The number of halogens is 1. The van der Waals surface area contributed by atoms with E-state index in [9.17, 15) is 0 Å². The number of nitrogens with zero attached hydrogens (tertiary/aromatic N) is 2. The van der Waals surface area contributed by atoms with E-state index in [1.807, 2.05) is 43.3 Å². The first-order valence-corrected chi connectivity index (χ1v) is 6.35. The number of pyridine rings is 1. The van der Waals surface area contributed by atoms with Gasteiger partial charge in [-0.05, 0) is 36.8 Å². The molecule has 3 aromatic rings. The van der Waals surface area contributed by atoms with E-state index in [2.05, 4.69) is 15.2 Å². The van der Waals surface area contributed by atoms with E-state index in [0.29, 0.717) is 0 Å². The highest BCUT2D eigenvalue weighted by Gasteiger charge is 2.11. The molecule has 19 heavy (non-hydrogen) atoms. The molecular weight excluding hydrogens is 258 g/mol. The monoisotopic (exact) mass is 269 g/mol. The molecule has 0 aliphatic heterocycles. The summed E-state index contributed by atoms with van der Waals surface area (Å²) in [5.41, 5.74) is 4.94. The lowest BCUT2D eigenvalue weighted by atomic mass is 10.0. The van der Waals surface area contributed by atoms with Crippen molar-refractivity contribution in [1.82, 2.24) is 15.2 Å². The van der Waals surface area contributed by atoms with Crippen molar-refractivity contribution >= 4 is 11.6 Å². The van der Waals surface area contributed by atoms with Crippen LogP contribution in [0.5, 0.6) is 0 Å². The summed E-state index contributed by atoms with van der Waals surface area (Å²) in [6.45, 7) is 1.99. The van der Waals surface area contributed by atoms with Crippen LogP contribution in [-0.4, -0.2) is 15.2 Å². The summed E-state index contributed by atoms with van der Waals surface area (Å²) in [6.07, 6.45) is 3.57. The lowest BCUT2D eigenvalue weighted by Gasteiger charge is -2.05. The molecule has 2 heterocycles. The molecule has 94 valence electrons. The van der Waals surface area contributed by atoms with Crippen LogP contribution in [0.3, 0.4) is 0 Å². The Bertz CT molecular complexity index is 704. The molecule has 0 unspecified atom stereocenters. The van der Waals surface area contributed by atoms with Gasteiger partial charge >= 0.3 is 0 Å². The summed E-state index contributed by atoms with van der Waals surface area (Å²) < 4.78 is 0. The zero-order valence-electron chi connectivity index (χ0n) is 10.4. The van der Waals surface area contributed by atoms with Crippen molar-refractivity contribution in [3.63, 3.8) is 0 Å². The normalized spacial score (nSPS) is 10.6. The van der Waals surface area contributed by atoms with E-state index in [0.717, 1.165) is 33.1 Å². The zero-order valence-corrected chi connectivity index (χ0v) is 11.1. The molecule has 3 rings (SSSR count). The highest BCUT2D eigenvalue weighted by Crippen LogP contribution is 2.30. The molecule has 0 fully saturated rings. The van der Waals surface area contributed by atoms with Crippen LogP contribution < -0.4 is 0 Å². The first-order chi connectivity index (χ1) is 9.25. The molecule has 0 atom stereocenters. The van der Waals surface area contributed by atoms with Gasteiger partial charge in [-0.15, -0.1) is 0 Å². The average molecular weight is 270 g/mol. The minimum Gasteiger partial charge on any atom is -0.277 e. The predicted octanol–water partition coefficient (Wildman–Crippen LogP) is 4.10. The summed E-state index contributed by atoms with van der Waals surface area (Å²) in [4.78, 5) is 4.36. The number of rotatable bonds is 2. The van der Waals surface area contributed by atoms with Gasteiger partial charge in [0.1, 0.15) is 0 Å². The Kier molecular flexibility index (Phi) is 3.05. The smallest absolute Gasteiger partial charge is 0.0744 e. The maximum Gasteiger partial charge on any atom is 0.0744 e. The third kappa shape index (κ3) is 2.25. The van der Waals surface area contributed by atoms with Gasteiger partial charge in [0, 0.05) is 22.3 Å². The summed E-state index contributed by atoms with van der Waals surface area (Å²) in [5.74, 6) is 0. The largest absolute Gasteiger partial charge is 0.277 e. The van der Waals surface area contributed by atoms with Crippen LogP contribution in [0.15, 0.2) is 48.8 Å². The van der Waals surface area contributed by atoms with E-state index in [1.54, 1.807) is 12.4 Å². The van der Waals surface area contributed by atoms with Gasteiger partial charge in [0.2, 0.25) is 0 Å². The van der Waals surface area contributed by atoms with E-state index in [1.165, 1.54) is 0 Å². The molecule has 0 bridgehead atoms. The minimum atomic E-state index is 0.766. The standard InChI is InChI=1S/C15H12ClN3/c1-10-8-11(5-6-13(10)16)15-12(9-18-19-15)14-4-2-3-7-17-14/h2-9H,1H3,(H,18,19). The van der Waals surface area contributed by atoms with Crippen molar-refractivity contribution in [3.8, 4) is 22.5 Å². The highest BCUT2D eigenvalue weighted by molar-refractivity contribution is 6.31. The third-order valence-corrected chi connectivity index (χ3v) is 3.45. The quantitative estimate of drug-likeness (QED) is 0.761. The number of benzene rings is 1. The van der Waals surface area contributed by atoms with Gasteiger partial charge in [-0.1, -0.05) is 23.7 Å². The first kappa shape index (κ1) is 11.9. The van der Waals surface area contributed by atoms with Crippen molar-refractivity contribution in [2.24, 2.45) is 0 Å². The van der Waals surface area contributed by atoms with E-state index >= 15 is 0 Å². The predicted molar refractivity (Wildman–Crippen MR) is 77.0 cm³/mol. The molecule has 0 aliphatic carbocycles. The number of nitrogens with one attached hydrogen (secondary N) is 1. The van der Waals surface area contributed by atoms with Gasteiger partial charge in [0.25, 0.3) is 0 Å². The molecular formula is C15H12ClN3. The Balaban J connectivity index is 2.12. The summed E-state index contributed by atoms with van der Waals surface area (Å²) >= 11 is 6.06. The summed E-state index contributed by atoms with van der Waals surface area (Å²) in [6, 6.07) is 11.8. The molecule has 0 amide bonds.